The largest absolute Gasteiger partial charge is 0.355 e. The smallest absolute Gasteiger partial charge is 0.273 e. The van der Waals surface area contributed by atoms with Crippen molar-refractivity contribution in [2.75, 3.05) is 0 Å². The van der Waals surface area contributed by atoms with Crippen molar-refractivity contribution in [2.45, 2.75) is 20.4 Å². The van der Waals surface area contributed by atoms with Crippen LogP contribution >= 0.6 is 0 Å². The number of benzene rings is 1. The molecule has 2 heterocycles. The summed E-state index contributed by atoms with van der Waals surface area (Å²) in [6.07, 6.45) is 0. The van der Waals surface area contributed by atoms with Gasteiger partial charge in [-0.15, -0.1) is 0 Å². The minimum absolute atomic E-state index is 0.133. The van der Waals surface area contributed by atoms with E-state index in [-0.39, 0.29) is 23.7 Å². The zero-order valence-electron chi connectivity index (χ0n) is 13.4. The molecule has 0 saturated heterocycles. The Bertz CT molecular complexity index is 926. The summed E-state index contributed by atoms with van der Waals surface area (Å²) in [5, 5.41) is 6.49. The van der Waals surface area contributed by atoms with Crippen LogP contribution in [0.3, 0.4) is 0 Å². The van der Waals surface area contributed by atoms with Gasteiger partial charge in [0.05, 0.1) is 0 Å². The Kier molecular flexibility index (Phi) is 4.29. The number of hydrogen-bond acceptors (Lipinski definition) is 4. The molecular weight excluding hydrogens is 306 g/mol. The highest BCUT2D eigenvalue weighted by Crippen LogP contribution is 2.19. The Balaban J connectivity index is 1.73. The molecule has 122 valence electrons. The maximum atomic E-state index is 12.2. The molecule has 1 aromatic carbocycles. The van der Waals surface area contributed by atoms with Crippen molar-refractivity contribution in [3.8, 4) is 11.3 Å². The molecule has 0 aliphatic carbocycles. The molecule has 2 aromatic heterocycles. The first-order valence-corrected chi connectivity index (χ1v) is 7.54. The van der Waals surface area contributed by atoms with Crippen molar-refractivity contribution in [1.29, 1.82) is 0 Å². The third-order valence-electron chi connectivity index (χ3n) is 3.72. The molecule has 0 atom stereocenters. The van der Waals surface area contributed by atoms with Crippen LogP contribution in [0, 0.1) is 13.8 Å². The summed E-state index contributed by atoms with van der Waals surface area (Å²) >= 11 is 0. The molecule has 3 rings (SSSR count). The van der Waals surface area contributed by atoms with E-state index in [4.69, 9.17) is 4.52 Å². The van der Waals surface area contributed by atoms with E-state index in [1.54, 1.807) is 6.07 Å². The van der Waals surface area contributed by atoms with Crippen LogP contribution in [0.1, 0.15) is 27.3 Å². The fourth-order valence-electron chi connectivity index (χ4n) is 2.48. The second-order valence-corrected chi connectivity index (χ2v) is 5.57. The standard InChI is InChI=1S/C18H17N3O3/c1-11-8-12(2)20-17(22)14(11)10-19-18(23)15-9-16(24-21-15)13-6-4-3-5-7-13/h3-9H,10H2,1-2H3,(H,19,23)(H,20,22). The fourth-order valence-corrected chi connectivity index (χ4v) is 2.48. The van der Waals surface area contributed by atoms with Crippen molar-refractivity contribution < 1.29 is 9.32 Å². The predicted octanol–water partition coefficient (Wildman–Crippen LogP) is 2.58. The van der Waals surface area contributed by atoms with Gasteiger partial charge in [0.25, 0.3) is 11.5 Å². The van der Waals surface area contributed by atoms with Gasteiger partial charge in [-0.05, 0) is 25.5 Å². The lowest BCUT2D eigenvalue weighted by molar-refractivity contribution is 0.0942. The average Bonchev–Trinajstić information content (AvgIpc) is 3.04. The van der Waals surface area contributed by atoms with Crippen molar-refractivity contribution in [3.05, 3.63) is 75.3 Å². The fraction of sp³-hybridized carbons (Fsp3) is 0.167. The molecule has 0 spiro atoms. The zero-order chi connectivity index (χ0) is 17.1. The molecule has 24 heavy (non-hydrogen) atoms. The van der Waals surface area contributed by atoms with Crippen LogP contribution < -0.4 is 10.9 Å². The maximum Gasteiger partial charge on any atom is 0.273 e. The van der Waals surface area contributed by atoms with Gasteiger partial charge >= 0.3 is 0 Å². The van der Waals surface area contributed by atoms with Crippen molar-refractivity contribution in [1.82, 2.24) is 15.5 Å². The number of nitrogens with one attached hydrogen (secondary N) is 2. The molecule has 0 radical (unpaired) electrons. The minimum atomic E-state index is -0.389. The molecule has 1 amide bonds. The van der Waals surface area contributed by atoms with Crippen LogP contribution in [-0.4, -0.2) is 16.0 Å². The number of carbonyl (C=O) groups excluding carboxylic acids is 1. The first-order valence-electron chi connectivity index (χ1n) is 7.54. The SMILES string of the molecule is Cc1cc(C)c(CNC(=O)c2cc(-c3ccccc3)on2)c(=O)[nH]1. The van der Waals surface area contributed by atoms with Gasteiger partial charge in [-0.1, -0.05) is 35.5 Å². The molecule has 0 fully saturated rings. The number of amides is 1. The number of pyridine rings is 1. The Morgan fingerprint density at radius 3 is 2.67 bits per heavy atom. The van der Waals surface area contributed by atoms with Crippen molar-refractivity contribution in [2.24, 2.45) is 0 Å². The highest BCUT2D eigenvalue weighted by atomic mass is 16.5. The Morgan fingerprint density at radius 1 is 1.21 bits per heavy atom. The minimum Gasteiger partial charge on any atom is -0.355 e. The molecule has 3 aromatic rings. The van der Waals surface area contributed by atoms with Gasteiger partial charge in [-0.3, -0.25) is 9.59 Å². The summed E-state index contributed by atoms with van der Waals surface area (Å²) in [7, 11) is 0. The van der Waals surface area contributed by atoms with Gasteiger partial charge in [0, 0.05) is 29.4 Å². The van der Waals surface area contributed by atoms with Gasteiger partial charge in [0.1, 0.15) is 0 Å². The van der Waals surface area contributed by atoms with Crippen LogP contribution in [-0.2, 0) is 6.54 Å². The van der Waals surface area contributed by atoms with E-state index in [1.165, 1.54) is 0 Å². The molecule has 0 bridgehead atoms. The van der Waals surface area contributed by atoms with E-state index in [0.29, 0.717) is 11.3 Å². The summed E-state index contributed by atoms with van der Waals surface area (Å²) in [6, 6.07) is 12.8. The quantitative estimate of drug-likeness (QED) is 0.772. The third kappa shape index (κ3) is 3.27. The lowest BCUT2D eigenvalue weighted by atomic mass is 10.1. The number of H-pyrrole nitrogens is 1. The van der Waals surface area contributed by atoms with Gasteiger partial charge in [0.2, 0.25) is 0 Å². The molecule has 0 aliphatic heterocycles. The Labute approximate surface area is 138 Å². The first-order chi connectivity index (χ1) is 11.5. The van der Waals surface area contributed by atoms with Crippen molar-refractivity contribution >= 4 is 5.91 Å². The molecule has 0 aliphatic rings. The zero-order valence-corrected chi connectivity index (χ0v) is 13.4. The normalized spacial score (nSPS) is 10.6. The van der Waals surface area contributed by atoms with Crippen LogP contribution in [0.2, 0.25) is 0 Å². The van der Waals surface area contributed by atoms with Gasteiger partial charge in [-0.2, -0.15) is 0 Å². The van der Waals surface area contributed by atoms with Crippen LogP contribution in [0.4, 0.5) is 0 Å². The highest BCUT2D eigenvalue weighted by Gasteiger charge is 2.14. The monoisotopic (exact) mass is 323 g/mol. The summed E-state index contributed by atoms with van der Waals surface area (Å²) in [4.78, 5) is 26.9. The molecule has 0 saturated carbocycles. The number of aromatic nitrogens is 2. The van der Waals surface area contributed by atoms with Crippen LogP contribution in [0.25, 0.3) is 11.3 Å². The third-order valence-corrected chi connectivity index (χ3v) is 3.72. The van der Waals surface area contributed by atoms with Crippen molar-refractivity contribution in [3.63, 3.8) is 0 Å². The maximum absolute atomic E-state index is 12.2. The molecular formula is C18H17N3O3. The van der Waals surface area contributed by atoms with E-state index < -0.39 is 0 Å². The van der Waals surface area contributed by atoms with Gasteiger partial charge in [0.15, 0.2) is 11.5 Å². The first kappa shape index (κ1) is 15.7. The number of aromatic amines is 1. The number of carbonyl (C=O) groups is 1. The summed E-state index contributed by atoms with van der Waals surface area (Å²) < 4.78 is 5.21. The summed E-state index contributed by atoms with van der Waals surface area (Å²) in [5.41, 5.74) is 2.97. The molecule has 6 heteroatoms. The predicted molar refractivity (Wildman–Crippen MR) is 89.6 cm³/mol. The summed E-state index contributed by atoms with van der Waals surface area (Å²) in [5.74, 6) is 0.130. The van der Waals surface area contributed by atoms with Crippen LogP contribution in [0.15, 0.2) is 51.8 Å². The molecule has 2 N–H and O–H groups in total. The molecule has 6 nitrogen and oxygen atoms in total. The Morgan fingerprint density at radius 2 is 1.96 bits per heavy atom. The second-order valence-electron chi connectivity index (χ2n) is 5.57. The number of aryl methyl sites for hydroxylation is 2. The number of nitrogens with zero attached hydrogens (tertiary/aromatic N) is 1. The average molecular weight is 323 g/mol. The Hall–Kier alpha value is -3.15. The number of hydrogen-bond donors (Lipinski definition) is 2. The molecule has 0 unspecified atom stereocenters. The highest BCUT2D eigenvalue weighted by molar-refractivity contribution is 5.93. The van der Waals surface area contributed by atoms with E-state index in [1.807, 2.05) is 50.2 Å². The van der Waals surface area contributed by atoms with E-state index in [2.05, 4.69) is 15.5 Å². The topological polar surface area (TPSA) is 88.0 Å². The van der Waals surface area contributed by atoms with E-state index in [9.17, 15) is 9.59 Å². The lowest BCUT2D eigenvalue weighted by Crippen LogP contribution is -2.28. The van der Waals surface area contributed by atoms with Crippen LogP contribution in [0.5, 0.6) is 0 Å². The van der Waals surface area contributed by atoms with E-state index in [0.717, 1.165) is 16.8 Å². The van der Waals surface area contributed by atoms with Gasteiger partial charge in [-0.25, -0.2) is 0 Å². The summed E-state index contributed by atoms with van der Waals surface area (Å²) in [6.45, 7) is 3.79. The lowest BCUT2D eigenvalue weighted by Gasteiger charge is -2.06. The van der Waals surface area contributed by atoms with E-state index >= 15 is 0 Å². The second kappa shape index (κ2) is 6.54. The number of rotatable bonds is 4. The van der Waals surface area contributed by atoms with Gasteiger partial charge < -0.3 is 14.8 Å².